The highest BCUT2D eigenvalue weighted by Crippen LogP contribution is 2.29. The van der Waals surface area contributed by atoms with Gasteiger partial charge in [-0.2, -0.15) is 0 Å². The Morgan fingerprint density at radius 1 is 1.32 bits per heavy atom. The van der Waals surface area contributed by atoms with Crippen molar-refractivity contribution >= 4 is 11.8 Å². The molecule has 1 atom stereocenters. The van der Waals surface area contributed by atoms with Gasteiger partial charge in [0, 0.05) is 16.7 Å². The summed E-state index contributed by atoms with van der Waals surface area (Å²) in [6.07, 6.45) is 6.46. The third-order valence-electron chi connectivity index (χ3n) is 3.83. The Morgan fingerprint density at radius 3 is 2.48 bits per heavy atom. The first-order valence-corrected chi connectivity index (χ1v) is 8.13. The molecule has 1 aliphatic carbocycles. The summed E-state index contributed by atoms with van der Waals surface area (Å²) in [5.74, 6) is 5.43. The third kappa shape index (κ3) is 5.75. The molecule has 2 rings (SSSR count). The molecule has 0 saturated heterocycles. The molecule has 0 aromatic heterocycles. The van der Waals surface area contributed by atoms with Gasteiger partial charge in [-0.15, -0.1) is 0 Å². The molecule has 0 radical (unpaired) electrons. The summed E-state index contributed by atoms with van der Waals surface area (Å²) in [4.78, 5) is 24.0. The van der Waals surface area contributed by atoms with Crippen LogP contribution in [-0.2, 0) is 4.79 Å². The van der Waals surface area contributed by atoms with Crippen LogP contribution in [0.4, 0.5) is 0 Å². The minimum Gasteiger partial charge on any atom is -0.338 e. The molecule has 0 aliphatic heterocycles. The fraction of sp³-hybridized carbons (Fsp3) is 0.368. The molecule has 1 fully saturated rings. The van der Waals surface area contributed by atoms with Crippen molar-refractivity contribution in [1.29, 1.82) is 0 Å². The van der Waals surface area contributed by atoms with Crippen LogP contribution >= 0.6 is 0 Å². The van der Waals surface area contributed by atoms with Crippen molar-refractivity contribution in [3.05, 3.63) is 47.5 Å². The lowest BCUT2D eigenvalue weighted by Gasteiger charge is -2.29. The summed E-state index contributed by atoms with van der Waals surface area (Å²) in [5, 5.41) is 11.3. The number of hydrogen-bond acceptors (Lipinski definition) is 4. The Bertz CT molecular complexity index is 717. The predicted octanol–water partition coefficient (Wildman–Crippen LogP) is 1.35. The van der Waals surface area contributed by atoms with Crippen LogP contribution in [-0.4, -0.2) is 28.6 Å². The van der Waals surface area contributed by atoms with Crippen molar-refractivity contribution in [2.45, 2.75) is 38.3 Å². The fourth-order valence-corrected chi connectivity index (χ4v) is 2.17. The zero-order valence-electron chi connectivity index (χ0n) is 14.4. The maximum Gasteiger partial charge on any atom is 0.267 e. The highest BCUT2D eigenvalue weighted by Gasteiger charge is 2.33. The standard InChI is InChI=1S/C19H23N3O3/c1-19(2,20)16(18(24)22-25)21-17(23)15-11-9-14(10-12-15)6-4-3-5-13-7-8-13/h3,5,9-13,16,25H,7-8,20H2,1-2H3,(H,21,23)(H,22,24)/t16-/m1/s1. The molecule has 2 amide bonds. The molecule has 1 saturated carbocycles. The number of carbonyl (C=O) groups excluding carboxylic acids is 2. The van der Waals surface area contributed by atoms with E-state index in [1.54, 1.807) is 38.1 Å². The van der Waals surface area contributed by atoms with Crippen molar-refractivity contribution in [1.82, 2.24) is 10.8 Å². The minimum atomic E-state index is -1.07. The molecule has 6 nitrogen and oxygen atoms in total. The monoisotopic (exact) mass is 341 g/mol. The van der Waals surface area contributed by atoms with E-state index in [1.165, 1.54) is 18.3 Å². The minimum absolute atomic E-state index is 0.374. The van der Waals surface area contributed by atoms with E-state index in [0.717, 1.165) is 5.56 Å². The summed E-state index contributed by atoms with van der Waals surface area (Å²) in [6.45, 7) is 3.17. The van der Waals surface area contributed by atoms with E-state index < -0.39 is 23.4 Å². The van der Waals surface area contributed by atoms with Crippen LogP contribution in [0.5, 0.6) is 0 Å². The SMILES string of the molecule is CC(C)(N)[C@H](NC(=O)c1ccc(C#CC=CC2CC2)cc1)C(=O)NO. The molecule has 0 bridgehead atoms. The summed E-state index contributed by atoms with van der Waals surface area (Å²) in [7, 11) is 0. The van der Waals surface area contributed by atoms with Gasteiger partial charge in [0.25, 0.3) is 11.8 Å². The van der Waals surface area contributed by atoms with Crippen LogP contribution in [0, 0.1) is 17.8 Å². The van der Waals surface area contributed by atoms with E-state index >= 15 is 0 Å². The predicted molar refractivity (Wildman–Crippen MR) is 94.6 cm³/mol. The first-order valence-electron chi connectivity index (χ1n) is 8.13. The Hall–Kier alpha value is -2.62. The smallest absolute Gasteiger partial charge is 0.267 e. The second-order valence-electron chi connectivity index (χ2n) is 6.75. The molecule has 1 aliphatic rings. The molecule has 0 heterocycles. The number of nitrogens with two attached hydrogens (primary N) is 1. The van der Waals surface area contributed by atoms with E-state index in [2.05, 4.69) is 23.2 Å². The zero-order valence-corrected chi connectivity index (χ0v) is 14.4. The molecule has 132 valence electrons. The molecule has 0 spiro atoms. The van der Waals surface area contributed by atoms with Gasteiger partial charge in [0.05, 0.1) is 0 Å². The number of carbonyl (C=O) groups is 2. The van der Waals surface area contributed by atoms with E-state index in [0.29, 0.717) is 11.5 Å². The number of amides is 2. The Morgan fingerprint density at radius 2 is 1.96 bits per heavy atom. The molecule has 6 heteroatoms. The lowest BCUT2D eigenvalue weighted by molar-refractivity contribution is -0.132. The highest BCUT2D eigenvalue weighted by molar-refractivity contribution is 5.97. The van der Waals surface area contributed by atoms with Crippen molar-refractivity contribution in [2.24, 2.45) is 11.7 Å². The lowest BCUT2D eigenvalue weighted by Crippen LogP contribution is -2.61. The van der Waals surface area contributed by atoms with Gasteiger partial charge in [-0.25, -0.2) is 5.48 Å². The maximum absolute atomic E-state index is 12.3. The van der Waals surface area contributed by atoms with Gasteiger partial charge >= 0.3 is 0 Å². The van der Waals surface area contributed by atoms with Crippen LogP contribution in [0.1, 0.15) is 42.6 Å². The number of hydrogen-bond donors (Lipinski definition) is 4. The molecule has 5 N–H and O–H groups in total. The highest BCUT2D eigenvalue weighted by atomic mass is 16.5. The number of hydroxylamine groups is 1. The average Bonchev–Trinajstić information content (AvgIpc) is 3.39. The van der Waals surface area contributed by atoms with Crippen LogP contribution < -0.4 is 16.5 Å². The van der Waals surface area contributed by atoms with E-state index in [1.807, 2.05) is 6.08 Å². The summed E-state index contributed by atoms with van der Waals surface area (Å²) >= 11 is 0. The molecule has 1 aromatic rings. The summed E-state index contributed by atoms with van der Waals surface area (Å²) < 4.78 is 0. The van der Waals surface area contributed by atoms with Crippen molar-refractivity contribution in [3.63, 3.8) is 0 Å². The van der Waals surface area contributed by atoms with Gasteiger partial charge in [-0.1, -0.05) is 17.9 Å². The van der Waals surface area contributed by atoms with Gasteiger partial charge in [0.1, 0.15) is 6.04 Å². The summed E-state index contributed by atoms with van der Waals surface area (Å²) in [6, 6.07) is 5.66. The Balaban J connectivity index is 2.02. The molecular weight excluding hydrogens is 318 g/mol. The maximum atomic E-state index is 12.3. The van der Waals surface area contributed by atoms with Gasteiger partial charge in [0.2, 0.25) is 0 Å². The second-order valence-corrected chi connectivity index (χ2v) is 6.75. The first-order chi connectivity index (χ1) is 11.8. The second kappa shape index (κ2) is 7.97. The van der Waals surface area contributed by atoms with Crippen LogP contribution in [0.25, 0.3) is 0 Å². The Kier molecular flexibility index (Phi) is 5.97. The number of rotatable bonds is 5. The van der Waals surface area contributed by atoms with Crippen LogP contribution in [0.3, 0.4) is 0 Å². The molecule has 25 heavy (non-hydrogen) atoms. The van der Waals surface area contributed by atoms with Gasteiger partial charge in [0.15, 0.2) is 0 Å². The molecule has 0 unspecified atom stereocenters. The van der Waals surface area contributed by atoms with Crippen molar-refractivity contribution in [2.75, 3.05) is 0 Å². The van der Waals surface area contributed by atoms with Crippen LogP contribution in [0.2, 0.25) is 0 Å². The van der Waals surface area contributed by atoms with Crippen molar-refractivity contribution in [3.8, 4) is 11.8 Å². The van der Waals surface area contributed by atoms with Gasteiger partial charge < -0.3 is 11.1 Å². The number of nitrogens with one attached hydrogen (secondary N) is 2. The van der Waals surface area contributed by atoms with E-state index in [-0.39, 0.29) is 0 Å². The number of allylic oxidation sites excluding steroid dienone is 2. The van der Waals surface area contributed by atoms with Gasteiger partial charge in [-0.3, -0.25) is 14.8 Å². The number of benzene rings is 1. The third-order valence-corrected chi connectivity index (χ3v) is 3.83. The normalized spacial score (nSPS) is 15.2. The molecular formula is C19H23N3O3. The topological polar surface area (TPSA) is 104 Å². The van der Waals surface area contributed by atoms with E-state index in [9.17, 15) is 9.59 Å². The largest absolute Gasteiger partial charge is 0.338 e. The first kappa shape index (κ1) is 18.7. The van der Waals surface area contributed by atoms with Crippen LogP contribution in [0.15, 0.2) is 36.4 Å². The van der Waals surface area contributed by atoms with E-state index in [4.69, 9.17) is 10.9 Å². The molecule has 1 aromatic carbocycles. The Labute approximate surface area is 147 Å². The lowest BCUT2D eigenvalue weighted by atomic mass is 9.95. The summed E-state index contributed by atoms with van der Waals surface area (Å²) in [5.41, 5.74) is 7.54. The van der Waals surface area contributed by atoms with Gasteiger partial charge in [-0.05, 0) is 62.9 Å². The average molecular weight is 341 g/mol. The van der Waals surface area contributed by atoms with Crippen molar-refractivity contribution < 1.29 is 14.8 Å². The fourth-order valence-electron chi connectivity index (χ4n) is 2.17. The zero-order chi connectivity index (χ0) is 18.4. The quantitative estimate of drug-likeness (QED) is 0.368.